The highest BCUT2D eigenvalue weighted by molar-refractivity contribution is 6.04. The molecule has 0 bridgehead atoms. The first-order valence-corrected chi connectivity index (χ1v) is 20.2. The smallest absolute Gasteiger partial charge is 0.263 e. The van der Waals surface area contributed by atoms with Gasteiger partial charge in [0, 0.05) is 56.0 Å². The summed E-state index contributed by atoms with van der Waals surface area (Å²) in [6.45, 7) is 1.70. The van der Waals surface area contributed by atoms with Crippen LogP contribution in [-0.4, -0.2) is 109 Å². The van der Waals surface area contributed by atoms with Gasteiger partial charge in [0.2, 0.25) is 35.4 Å². The third-order valence-electron chi connectivity index (χ3n) is 10.8. The van der Waals surface area contributed by atoms with Gasteiger partial charge in [-0.05, 0) is 87.0 Å². The number of hydrogen-bond donors (Lipinski definition) is 7. The van der Waals surface area contributed by atoms with E-state index in [9.17, 15) is 33.6 Å². The highest BCUT2D eigenvalue weighted by Crippen LogP contribution is 2.37. The molecule has 3 aliphatic heterocycles. The zero-order valence-electron chi connectivity index (χ0n) is 34.3. The number of hydrogen-bond acceptors (Lipinski definition) is 11. The first-order valence-electron chi connectivity index (χ1n) is 20.2. The number of aryl methyl sites for hydroxylation is 1. The van der Waals surface area contributed by atoms with Crippen molar-refractivity contribution in [2.45, 2.75) is 58.8 Å². The molecule has 7 amide bonds. The van der Waals surface area contributed by atoms with E-state index < -0.39 is 23.6 Å². The largest absolute Gasteiger partial charge is 0.353 e. The van der Waals surface area contributed by atoms with Gasteiger partial charge < -0.3 is 24.9 Å². The van der Waals surface area contributed by atoms with Crippen molar-refractivity contribution in [3.8, 4) is 0 Å². The first-order chi connectivity index (χ1) is 29.3. The Labute approximate surface area is 361 Å². The second-order valence-corrected chi connectivity index (χ2v) is 15.7. The van der Waals surface area contributed by atoms with Gasteiger partial charge in [-0.25, -0.2) is 16.4 Å². The van der Waals surface area contributed by atoms with Gasteiger partial charge in [-0.15, -0.1) is 0 Å². The van der Waals surface area contributed by atoms with Crippen LogP contribution < -0.4 is 36.5 Å². The summed E-state index contributed by atoms with van der Waals surface area (Å²) >= 11 is 0. The van der Waals surface area contributed by atoms with Gasteiger partial charge in [-0.2, -0.15) is 0 Å². The minimum absolute atomic E-state index is 0. The van der Waals surface area contributed by atoms with E-state index in [1.54, 1.807) is 23.1 Å². The molecule has 3 heterocycles. The topological polar surface area (TPSA) is 241 Å². The Morgan fingerprint density at radius 1 is 0.613 bits per heavy atom. The van der Waals surface area contributed by atoms with Gasteiger partial charge in [0.1, 0.15) is 13.1 Å². The molecule has 3 aromatic rings. The van der Waals surface area contributed by atoms with Crippen LogP contribution in [0.25, 0.3) is 0 Å². The molecule has 1 aliphatic carbocycles. The summed E-state index contributed by atoms with van der Waals surface area (Å²) in [4.78, 5) is 89.6. The monoisotopic (exact) mass is 858 g/mol. The normalized spacial score (nSPS) is 17.4. The second kappa shape index (κ2) is 23.1. The van der Waals surface area contributed by atoms with Crippen LogP contribution >= 0.6 is 0 Å². The van der Waals surface area contributed by atoms with Crippen molar-refractivity contribution < 1.29 is 49.2 Å². The van der Waals surface area contributed by atoms with Gasteiger partial charge >= 0.3 is 0 Å². The second-order valence-electron chi connectivity index (χ2n) is 15.7. The molecule has 2 atom stereocenters. The molecule has 62 heavy (non-hydrogen) atoms. The summed E-state index contributed by atoms with van der Waals surface area (Å²) in [6, 6.07) is 22.7. The molecule has 18 heteroatoms. The molecular formula is C44H58N8O10. The van der Waals surface area contributed by atoms with Crippen molar-refractivity contribution in [1.82, 2.24) is 26.7 Å². The van der Waals surface area contributed by atoms with Gasteiger partial charge in [0.05, 0.1) is 11.8 Å². The molecule has 0 aromatic heterocycles. The zero-order valence-corrected chi connectivity index (χ0v) is 34.3. The summed E-state index contributed by atoms with van der Waals surface area (Å²) in [7, 11) is 3.82. The molecular weight excluding hydrogens is 801 g/mol. The van der Waals surface area contributed by atoms with E-state index in [1.807, 2.05) is 84.6 Å². The maximum atomic E-state index is 12.7. The Kier molecular flexibility index (Phi) is 18.1. The van der Waals surface area contributed by atoms with Crippen molar-refractivity contribution in [2.75, 3.05) is 61.5 Å². The SMILES string of the molecule is C.CN(C)CCNC(=O)CN1C(=O)C(CC(=O)NO)Cc2ccccc21.O=C(CC1Cc2ccccc2N(CC2CC2)C1=O)NO.O=C(CN1C(=O)CCc2ccccc21)NO. The molecule has 334 valence electrons. The highest BCUT2D eigenvalue weighted by atomic mass is 16.5. The number of nitrogens with zero attached hydrogens (tertiary/aromatic N) is 4. The number of likely N-dealkylation sites (N-methyl/N-ethyl adjacent to an activating group) is 1. The Morgan fingerprint density at radius 2 is 1.06 bits per heavy atom. The number of hydroxylamine groups is 3. The lowest BCUT2D eigenvalue weighted by Crippen LogP contribution is -2.48. The van der Waals surface area contributed by atoms with Crippen LogP contribution in [0.2, 0.25) is 0 Å². The summed E-state index contributed by atoms with van der Waals surface area (Å²) in [5.74, 6) is -2.74. The summed E-state index contributed by atoms with van der Waals surface area (Å²) in [5, 5.41) is 28.6. The first kappa shape index (κ1) is 48.5. The van der Waals surface area contributed by atoms with E-state index in [0.29, 0.717) is 50.4 Å². The number of anilines is 3. The van der Waals surface area contributed by atoms with Crippen LogP contribution in [-0.2, 0) is 52.8 Å². The van der Waals surface area contributed by atoms with Crippen LogP contribution in [0.1, 0.15) is 56.2 Å². The third kappa shape index (κ3) is 13.1. The van der Waals surface area contributed by atoms with Crippen molar-refractivity contribution in [3.63, 3.8) is 0 Å². The van der Waals surface area contributed by atoms with Crippen molar-refractivity contribution >= 4 is 58.4 Å². The van der Waals surface area contributed by atoms with Crippen LogP contribution in [0.4, 0.5) is 17.1 Å². The van der Waals surface area contributed by atoms with Crippen LogP contribution in [0, 0.1) is 17.8 Å². The fourth-order valence-electron chi connectivity index (χ4n) is 7.51. The van der Waals surface area contributed by atoms with E-state index in [1.165, 1.54) is 28.1 Å². The zero-order chi connectivity index (χ0) is 44.1. The van der Waals surface area contributed by atoms with Crippen LogP contribution in [0.3, 0.4) is 0 Å². The molecule has 7 N–H and O–H groups in total. The molecule has 1 saturated carbocycles. The number of nitrogens with one attached hydrogen (secondary N) is 4. The van der Waals surface area contributed by atoms with Crippen LogP contribution in [0.15, 0.2) is 72.8 Å². The van der Waals surface area contributed by atoms with Gasteiger partial charge in [0.15, 0.2) is 0 Å². The standard InChI is InChI=1S/C17H24N4O4.C15H18N2O3.C11H12N2O3.CH4/c1-20(2)8-7-18-16(23)11-21-14-6-4-3-5-12(14)9-13(17(21)24)10-15(22)19-25;18-14(16-20)8-12-7-11-3-1-2-4-13(11)17(15(12)19)9-10-5-6-10;14-10(12-16)7-13-9-4-2-1-3-8(9)5-6-11(13)15;/h3-6,13,25H,7-11H2,1-2H3,(H,18,23)(H,19,22);1-4,10,12,20H,5-9H2,(H,16,18);1-4,16H,5-7H2,(H,12,14);1H4. The van der Waals surface area contributed by atoms with E-state index in [-0.39, 0.29) is 62.9 Å². The predicted octanol–water partition coefficient (Wildman–Crippen LogP) is 2.37. The van der Waals surface area contributed by atoms with Crippen LogP contribution in [0.5, 0.6) is 0 Å². The lowest BCUT2D eigenvalue weighted by atomic mass is 9.89. The maximum Gasteiger partial charge on any atom is 0.263 e. The Balaban J connectivity index is 0.000000207. The molecule has 1 fully saturated rings. The molecule has 7 rings (SSSR count). The van der Waals surface area contributed by atoms with Crippen molar-refractivity contribution in [3.05, 3.63) is 89.5 Å². The molecule has 4 aliphatic rings. The van der Waals surface area contributed by atoms with Gasteiger partial charge in [0.25, 0.3) is 5.91 Å². The fraction of sp³-hybridized carbons (Fsp3) is 0.432. The average Bonchev–Trinajstić information content (AvgIpc) is 4.09. The summed E-state index contributed by atoms with van der Waals surface area (Å²) in [5.41, 5.74) is 10.2. The molecule has 0 spiro atoms. The Hall–Kier alpha value is -6.21. The number of fused-ring (bicyclic) bond motifs is 3. The minimum atomic E-state index is -0.617. The summed E-state index contributed by atoms with van der Waals surface area (Å²) < 4.78 is 0. The maximum absolute atomic E-state index is 12.7. The molecule has 18 nitrogen and oxygen atoms in total. The molecule has 0 radical (unpaired) electrons. The Bertz CT molecular complexity index is 2080. The minimum Gasteiger partial charge on any atom is -0.353 e. The number of benzene rings is 3. The average molecular weight is 859 g/mol. The van der Waals surface area contributed by atoms with E-state index in [4.69, 9.17) is 15.6 Å². The van der Waals surface area contributed by atoms with Gasteiger partial charge in [-0.3, -0.25) is 49.2 Å². The van der Waals surface area contributed by atoms with E-state index in [0.717, 1.165) is 34.6 Å². The lowest BCUT2D eigenvalue weighted by molar-refractivity contribution is -0.134. The number of carbonyl (C=O) groups is 7. The molecule has 2 unspecified atom stereocenters. The number of rotatable bonds is 13. The lowest BCUT2D eigenvalue weighted by Gasteiger charge is -2.34. The van der Waals surface area contributed by atoms with Crippen molar-refractivity contribution in [2.24, 2.45) is 17.8 Å². The van der Waals surface area contributed by atoms with Gasteiger partial charge in [-0.1, -0.05) is 62.0 Å². The highest BCUT2D eigenvalue weighted by Gasteiger charge is 2.37. The Morgan fingerprint density at radius 3 is 1.56 bits per heavy atom. The number of para-hydroxylation sites is 3. The van der Waals surface area contributed by atoms with E-state index in [2.05, 4.69) is 5.32 Å². The van der Waals surface area contributed by atoms with Crippen molar-refractivity contribution in [1.29, 1.82) is 0 Å². The predicted molar refractivity (Wildman–Crippen MR) is 229 cm³/mol. The quantitative estimate of drug-likeness (QED) is 0.0973. The molecule has 3 aromatic carbocycles. The molecule has 0 saturated heterocycles. The number of amides is 7. The fourth-order valence-corrected chi connectivity index (χ4v) is 7.51. The van der Waals surface area contributed by atoms with E-state index >= 15 is 0 Å². The number of carbonyl (C=O) groups excluding carboxylic acids is 7. The summed E-state index contributed by atoms with van der Waals surface area (Å²) in [6.07, 6.45) is 4.32. The third-order valence-corrected chi connectivity index (χ3v) is 10.8.